The van der Waals surface area contributed by atoms with Gasteiger partial charge in [-0.05, 0) is 6.42 Å². The van der Waals surface area contributed by atoms with E-state index in [4.69, 9.17) is 16.3 Å². The number of nitrogens with zero attached hydrogens (tertiary/aromatic N) is 4. The lowest BCUT2D eigenvalue weighted by molar-refractivity contribution is -0.111. The number of imidazole rings is 1. The predicted octanol–water partition coefficient (Wildman–Crippen LogP) is 1.11. The Bertz CT molecular complexity index is 529. The Morgan fingerprint density at radius 3 is 3.00 bits per heavy atom. The smallest absolute Gasteiger partial charge is 0.166 e. The van der Waals surface area contributed by atoms with Crippen LogP contribution in [-0.2, 0) is 4.74 Å². The maximum atomic E-state index is 9.31. The molecular weight excluding hydrogens is 232 g/mol. The number of rotatable bonds is 1. The third kappa shape index (κ3) is 1.46. The van der Waals surface area contributed by atoms with E-state index in [1.807, 2.05) is 0 Å². The van der Waals surface area contributed by atoms with E-state index < -0.39 is 6.29 Å². The minimum atomic E-state index is -0.709. The first-order valence-corrected chi connectivity index (χ1v) is 5.30. The summed E-state index contributed by atoms with van der Waals surface area (Å²) in [5.74, 6) is 0. The number of fused-ring (bicyclic) bond motifs is 1. The zero-order chi connectivity index (χ0) is 11.1. The fourth-order valence-electron chi connectivity index (χ4n) is 1.84. The van der Waals surface area contributed by atoms with Crippen molar-refractivity contribution in [3.8, 4) is 0 Å². The molecule has 0 saturated carbocycles. The fraction of sp³-hybridized carbons (Fsp3) is 0.444. The zero-order valence-corrected chi connectivity index (χ0v) is 9.00. The van der Waals surface area contributed by atoms with Crippen LogP contribution in [-0.4, -0.2) is 30.9 Å². The van der Waals surface area contributed by atoms with Gasteiger partial charge in [-0.1, -0.05) is 11.6 Å². The summed E-state index contributed by atoms with van der Waals surface area (Å²) in [6.07, 6.45) is 3.39. The molecule has 1 saturated heterocycles. The molecular formula is C9H9ClN4O2. The molecule has 0 amide bonds. The number of hydrogen-bond donors (Lipinski definition) is 1. The minimum absolute atomic E-state index is 0.231. The van der Waals surface area contributed by atoms with E-state index in [2.05, 4.69) is 15.0 Å². The molecule has 2 atom stereocenters. The summed E-state index contributed by atoms with van der Waals surface area (Å²) in [7, 11) is 0. The molecule has 2 aromatic heterocycles. The van der Waals surface area contributed by atoms with E-state index >= 15 is 0 Å². The van der Waals surface area contributed by atoms with Crippen molar-refractivity contribution < 1.29 is 9.84 Å². The number of halogens is 1. The second-order valence-electron chi connectivity index (χ2n) is 3.61. The molecule has 0 bridgehead atoms. The van der Waals surface area contributed by atoms with Gasteiger partial charge in [0.1, 0.15) is 18.1 Å². The Balaban J connectivity index is 2.08. The van der Waals surface area contributed by atoms with Gasteiger partial charge in [0.25, 0.3) is 0 Å². The predicted molar refractivity (Wildman–Crippen MR) is 55.7 cm³/mol. The van der Waals surface area contributed by atoms with Gasteiger partial charge in [-0.25, -0.2) is 15.0 Å². The highest BCUT2D eigenvalue weighted by Gasteiger charge is 2.26. The monoisotopic (exact) mass is 240 g/mol. The Kier molecular flexibility index (Phi) is 2.27. The average molecular weight is 241 g/mol. The van der Waals surface area contributed by atoms with Gasteiger partial charge in [0, 0.05) is 6.42 Å². The lowest BCUT2D eigenvalue weighted by atomic mass is 10.3. The van der Waals surface area contributed by atoms with E-state index in [1.54, 1.807) is 10.9 Å². The largest absolute Gasteiger partial charge is 0.368 e. The summed E-state index contributed by atoms with van der Waals surface area (Å²) < 4.78 is 7.09. The van der Waals surface area contributed by atoms with Crippen LogP contribution in [0.15, 0.2) is 12.7 Å². The summed E-state index contributed by atoms with van der Waals surface area (Å²) in [6, 6.07) is 0. The molecule has 1 N–H and O–H groups in total. The van der Waals surface area contributed by atoms with E-state index in [9.17, 15) is 5.11 Å². The quantitative estimate of drug-likeness (QED) is 0.756. The summed E-state index contributed by atoms with van der Waals surface area (Å²) in [4.78, 5) is 12.1. The molecule has 16 heavy (non-hydrogen) atoms. The SMILES string of the molecule is O[C@H]1CC[C@H](n2cnc3c(Cl)ncnc32)O1. The average Bonchev–Trinajstić information content (AvgIpc) is 2.84. The van der Waals surface area contributed by atoms with Crippen molar-refractivity contribution in [3.63, 3.8) is 0 Å². The van der Waals surface area contributed by atoms with Crippen molar-refractivity contribution in [2.24, 2.45) is 0 Å². The van der Waals surface area contributed by atoms with Gasteiger partial charge in [0.15, 0.2) is 17.1 Å². The molecule has 3 rings (SSSR count). The van der Waals surface area contributed by atoms with Crippen molar-refractivity contribution >= 4 is 22.8 Å². The standard InChI is InChI=1S/C9H9ClN4O2/c10-8-7-9(12-3-11-8)14(4-13-7)5-1-2-6(15)16-5/h3-6,15H,1-2H2/t5-,6-/m1/s1. The molecule has 0 spiro atoms. The number of ether oxygens (including phenoxy) is 1. The molecule has 84 valence electrons. The van der Waals surface area contributed by atoms with Crippen LogP contribution in [0.3, 0.4) is 0 Å². The van der Waals surface area contributed by atoms with Crippen molar-refractivity contribution in [2.75, 3.05) is 0 Å². The van der Waals surface area contributed by atoms with Gasteiger partial charge < -0.3 is 9.84 Å². The van der Waals surface area contributed by atoms with Crippen molar-refractivity contribution in [2.45, 2.75) is 25.4 Å². The van der Waals surface area contributed by atoms with E-state index in [0.29, 0.717) is 22.7 Å². The normalized spacial score (nSPS) is 25.4. The number of aliphatic hydroxyl groups is 1. The van der Waals surface area contributed by atoms with Gasteiger partial charge in [0.2, 0.25) is 0 Å². The molecule has 0 radical (unpaired) electrons. The molecule has 3 heterocycles. The van der Waals surface area contributed by atoms with E-state index in [0.717, 1.165) is 6.42 Å². The number of hydrogen-bond acceptors (Lipinski definition) is 5. The van der Waals surface area contributed by atoms with Gasteiger partial charge in [-0.15, -0.1) is 0 Å². The maximum absolute atomic E-state index is 9.31. The first-order valence-electron chi connectivity index (χ1n) is 4.92. The van der Waals surface area contributed by atoms with Crippen molar-refractivity contribution in [1.82, 2.24) is 19.5 Å². The van der Waals surface area contributed by atoms with Crippen molar-refractivity contribution in [3.05, 3.63) is 17.8 Å². The summed E-state index contributed by atoms with van der Waals surface area (Å²) in [5.41, 5.74) is 1.17. The van der Waals surface area contributed by atoms with Crippen LogP contribution in [0.4, 0.5) is 0 Å². The van der Waals surface area contributed by atoms with Gasteiger partial charge in [-0.3, -0.25) is 4.57 Å². The molecule has 1 aliphatic rings. The zero-order valence-electron chi connectivity index (χ0n) is 8.25. The Labute approximate surface area is 95.9 Å². The van der Waals surface area contributed by atoms with E-state index in [-0.39, 0.29) is 6.23 Å². The molecule has 0 unspecified atom stereocenters. The molecule has 1 aliphatic heterocycles. The Hall–Kier alpha value is -1.24. The Morgan fingerprint density at radius 1 is 1.38 bits per heavy atom. The summed E-state index contributed by atoms with van der Waals surface area (Å²) >= 11 is 5.89. The highest BCUT2D eigenvalue weighted by molar-refractivity contribution is 6.33. The van der Waals surface area contributed by atoms with Crippen LogP contribution >= 0.6 is 11.6 Å². The van der Waals surface area contributed by atoms with Gasteiger partial charge in [0.05, 0.1) is 6.33 Å². The fourth-order valence-corrected chi connectivity index (χ4v) is 2.02. The number of aliphatic hydroxyl groups excluding tert-OH is 1. The Morgan fingerprint density at radius 2 is 2.25 bits per heavy atom. The summed E-state index contributed by atoms with van der Waals surface area (Å²) in [6.45, 7) is 0. The van der Waals surface area contributed by atoms with Gasteiger partial charge >= 0.3 is 0 Å². The topological polar surface area (TPSA) is 73.1 Å². The summed E-state index contributed by atoms with van der Waals surface area (Å²) in [5, 5.41) is 9.63. The lowest BCUT2D eigenvalue weighted by Crippen LogP contribution is -2.10. The van der Waals surface area contributed by atoms with Crippen LogP contribution in [0.1, 0.15) is 19.1 Å². The van der Waals surface area contributed by atoms with Crippen LogP contribution in [0.2, 0.25) is 5.15 Å². The first-order chi connectivity index (χ1) is 7.75. The van der Waals surface area contributed by atoms with Gasteiger partial charge in [-0.2, -0.15) is 0 Å². The third-order valence-corrected chi connectivity index (χ3v) is 2.88. The number of aromatic nitrogens is 4. The third-order valence-electron chi connectivity index (χ3n) is 2.60. The maximum Gasteiger partial charge on any atom is 0.166 e. The molecule has 2 aromatic rings. The molecule has 0 aliphatic carbocycles. The highest BCUT2D eigenvalue weighted by Crippen LogP contribution is 2.29. The highest BCUT2D eigenvalue weighted by atomic mass is 35.5. The van der Waals surface area contributed by atoms with Crippen LogP contribution in [0.25, 0.3) is 11.2 Å². The minimum Gasteiger partial charge on any atom is -0.368 e. The lowest BCUT2D eigenvalue weighted by Gasteiger charge is -2.11. The molecule has 1 fully saturated rings. The molecule has 6 nitrogen and oxygen atoms in total. The second kappa shape index (κ2) is 3.65. The van der Waals surface area contributed by atoms with E-state index in [1.165, 1.54) is 6.33 Å². The van der Waals surface area contributed by atoms with Crippen LogP contribution in [0.5, 0.6) is 0 Å². The van der Waals surface area contributed by atoms with Crippen LogP contribution < -0.4 is 0 Å². The molecule has 0 aromatic carbocycles. The second-order valence-corrected chi connectivity index (χ2v) is 3.97. The van der Waals surface area contributed by atoms with Crippen molar-refractivity contribution in [1.29, 1.82) is 0 Å². The van der Waals surface area contributed by atoms with Crippen LogP contribution in [0, 0.1) is 0 Å². The molecule has 7 heteroatoms. The first kappa shape index (κ1) is 9.95.